The first-order valence-electron chi connectivity index (χ1n) is 16.4. The van der Waals surface area contributed by atoms with E-state index in [1.165, 1.54) is 11.1 Å². The predicted octanol–water partition coefficient (Wildman–Crippen LogP) is 7.14. The van der Waals surface area contributed by atoms with E-state index in [1.54, 1.807) is 37.1 Å². The highest BCUT2D eigenvalue weighted by atomic mass is 32.1. The molecule has 53 heavy (non-hydrogen) atoms. The van der Waals surface area contributed by atoms with Gasteiger partial charge < -0.3 is 25.8 Å². The van der Waals surface area contributed by atoms with Crippen molar-refractivity contribution in [3.63, 3.8) is 0 Å². The molecule has 2 aliphatic heterocycles. The molecule has 4 N–H and O–H groups in total. The molecule has 276 valence electrons. The summed E-state index contributed by atoms with van der Waals surface area (Å²) in [6.07, 6.45) is -4.89. The molecule has 1 spiro atoms. The van der Waals surface area contributed by atoms with Crippen LogP contribution in [0.2, 0.25) is 0 Å². The number of fused-ring (bicyclic) bond motifs is 1. The number of thiophene rings is 1. The average Bonchev–Trinajstić information content (AvgIpc) is 3.32. The first-order valence-corrected chi connectivity index (χ1v) is 17.3. The number of likely N-dealkylation sites (N-methyl/N-ethyl adjacent to an activating group) is 1. The molecule has 3 aromatic heterocycles. The van der Waals surface area contributed by atoms with E-state index < -0.39 is 80.6 Å². The smallest absolute Gasteiger partial charge is 0.420 e. The maximum atomic E-state index is 17.3. The number of halogens is 7. The molecule has 5 heterocycles. The van der Waals surface area contributed by atoms with Crippen LogP contribution in [0.25, 0.3) is 32.1 Å². The Hall–Kier alpha value is -5.15. The summed E-state index contributed by atoms with van der Waals surface area (Å²) in [5.41, 5.74) is 7.19. The second-order valence-electron chi connectivity index (χ2n) is 13.6. The number of nitriles is 1. The minimum Gasteiger partial charge on any atom is -0.490 e. The molecule has 0 radical (unpaired) electrons. The third-order valence-electron chi connectivity index (χ3n) is 10.5. The lowest BCUT2D eigenvalue weighted by Crippen LogP contribution is -2.44. The fraction of sp³-hybridized carbons (Fsp3) is 0.371. The van der Waals surface area contributed by atoms with Gasteiger partial charge in [-0.25, -0.2) is 22.5 Å². The zero-order valence-electron chi connectivity index (χ0n) is 28.0. The van der Waals surface area contributed by atoms with E-state index in [4.69, 9.17) is 20.9 Å². The molecule has 2 aromatic carbocycles. The van der Waals surface area contributed by atoms with E-state index in [2.05, 4.69) is 15.0 Å². The third-order valence-corrected chi connectivity index (χ3v) is 11.5. The zero-order valence-corrected chi connectivity index (χ0v) is 28.8. The highest BCUT2D eigenvalue weighted by Gasteiger charge is 2.77. The van der Waals surface area contributed by atoms with Crippen LogP contribution in [0, 0.1) is 28.4 Å². The van der Waals surface area contributed by atoms with E-state index in [1.807, 2.05) is 0 Å². The van der Waals surface area contributed by atoms with Crippen LogP contribution in [0.4, 0.5) is 47.4 Å². The number of rotatable bonds is 6. The van der Waals surface area contributed by atoms with Gasteiger partial charge in [-0.05, 0) is 44.6 Å². The molecule has 10 nitrogen and oxygen atoms in total. The van der Waals surface area contributed by atoms with Crippen LogP contribution in [-0.2, 0) is 12.7 Å². The van der Waals surface area contributed by atoms with Crippen LogP contribution in [0.15, 0.2) is 30.5 Å². The number of hydrogen-bond donors (Lipinski definition) is 2. The Morgan fingerprint density at radius 1 is 1.15 bits per heavy atom. The third kappa shape index (κ3) is 5.26. The Kier molecular flexibility index (Phi) is 7.86. The fourth-order valence-corrected chi connectivity index (χ4v) is 9.05. The molecule has 1 saturated carbocycles. The lowest BCUT2D eigenvalue weighted by Gasteiger charge is -2.31. The Morgan fingerprint density at radius 3 is 2.58 bits per heavy atom. The molecule has 0 amide bonds. The number of pyridine rings is 1. The van der Waals surface area contributed by atoms with Gasteiger partial charge in [-0.1, -0.05) is 12.1 Å². The van der Waals surface area contributed by atoms with Crippen LogP contribution in [0.1, 0.15) is 36.5 Å². The number of anilines is 3. The summed E-state index contributed by atoms with van der Waals surface area (Å²) in [5.74, 6) is -6.16. The van der Waals surface area contributed by atoms with Crippen LogP contribution in [0.3, 0.4) is 0 Å². The molecule has 3 unspecified atom stereocenters. The molecular formula is C35H29F7N8O2S. The standard InChI is InChI=1S/C35H29F7N8O2S/c1-15(28-33(7-9-49(28)2)14-34(33,38)39)52-32-47-25-22-26(51-11-10-50(31(22)48-32)13-16-4-3-8-46-29(16)44)23(35(40,41)42)21(24(25)37)17-5-6-19(36)27-20(17)18(12-43)30(45)53-27/h3-6,8,15,28H,7,9-11,13-14,45H2,1-2H3,(H2,44,46). The minimum atomic E-state index is -5.27. The van der Waals surface area contributed by atoms with E-state index in [0.717, 1.165) is 12.1 Å². The fourth-order valence-electron chi connectivity index (χ4n) is 8.10. The highest BCUT2D eigenvalue weighted by molar-refractivity contribution is 7.23. The van der Waals surface area contributed by atoms with Gasteiger partial charge in [0.15, 0.2) is 5.82 Å². The van der Waals surface area contributed by atoms with Gasteiger partial charge in [0.2, 0.25) is 0 Å². The number of nitrogens with zero attached hydrogens (tertiary/aromatic N) is 6. The van der Waals surface area contributed by atoms with Crippen molar-refractivity contribution in [2.45, 2.75) is 50.6 Å². The molecule has 3 atom stereocenters. The van der Waals surface area contributed by atoms with Gasteiger partial charge in [0.25, 0.3) is 5.92 Å². The first-order chi connectivity index (χ1) is 25.1. The number of nitrogens with two attached hydrogens (primary N) is 2. The number of aromatic nitrogens is 3. The van der Waals surface area contributed by atoms with Gasteiger partial charge >= 0.3 is 12.2 Å². The van der Waals surface area contributed by atoms with Crippen molar-refractivity contribution in [3.05, 3.63) is 58.8 Å². The predicted molar refractivity (Wildman–Crippen MR) is 183 cm³/mol. The monoisotopic (exact) mass is 758 g/mol. The molecule has 0 bridgehead atoms. The molecular weight excluding hydrogens is 729 g/mol. The van der Waals surface area contributed by atoms with Crippen molar-refractivity contribution in [2.24, 2.45) is 5.41 Å². The quantitative estimate of drug-likeness (QED) is 0.172. The largest absolute Gasteiger partial charge is 0.490 e. The minimum absolute atomic E-state index is 0.0483. The van der Waals surface area contributed by atoms with Gasteiger partial charge in [-0.15, -0.1) is 11.3 Å². The maximum absolute atomic E-state index is 17.3. The SMILES string of the molecule is CC(Oc1nc2c3c(c(C(F)(F)F)c(-c4ccc(F)c5sc(N)c(C#N)c45)c(F)c3n1)OCCN2Cc1cccnc1N)C1N(C)CCC12CC2(F)F. The maximum Gasteiger partial charge on any atom is 0.420 e. The summed E-state index contributed by atoms with van der Waals surface area (Å²) in [6.45, 7) is 1.48. The van der Waals surface area contributed by atoms with E-state index in [0.29, 0.717) is 23.4 Å². The summed E-state index contributed by atoms with van der Waals surface area (Å²) < 4.78 is 120. The van der Waals surface area contributed by atoms with Crippen LogP contribution < -0.4 is 25.8 Å². The second-order valence-corrected chi connectivity index (χ2v) is 14.6. The Morgan fingerprint density at radius 2 is 1.91 bits per heavy atom. The van der Waals surface area contributed by atoms with Crippen LogP contribution >= 0.6 is 11.3 Å². The highest BCUT2D eigenvalue weighted by Crippen LogP contribution is 2.68. The summed E-state index contributed by atoms with van der Waals surface area (Å²) >= 11 is 0.637. The van der Waals surface area contributed by atoms with Gasteiger partial charge in [0.05, 0.1) is 33.7 Å². The molecule has 8 rings (SSSR count). The van der Waals surface area contributed by atoms with Crippen LogP contribution in [-0.4, -0.2) is 64.7 Å². The van der Waals surface area contributed by atoms with Gasteiger partial charge in [0.1, 0.15) is 58.1 Å². The van der Waals surface area contributed by atoms with Crippen molar-refractivity contribution in [1.82, 2.24) is 19.9 Å². The lowest BCUT2D eigenvalue weighted by molar-refractivity contribution is -0.138. The number of likely N-dealkylation sites (tertiary alicyclic amines) is 1. The molecule has 3 aliphatic rings. The Balaban J connectivity index is 1.40. The van der Waals surface area contributed by atoms with Crippen molar-refractivity contribution in [1.29, 1.82) is 5.26 Å². The summed E-state index contributed by atoms with van der Waals surface area (Å²) in [7, 11) is 1.69. The Bertz CT molecular complexity index is 2380. The Labute approximate surface area is 300 Å². The van der Waals surface area contributed by atoms with Gasteiger partial charge in [-0.3, -0.25) is 4.90 Å². The van der Waals surface area contributed by atoms with Gasteiger partial charge in [0, 0.05) is 35.7 Å². The van der Waals surface area contributed by atoms with E-state index in [-0.39, 0.29) is 64.8 Å². The molecule has 18 heteroatoms. The number of benzene rings is 2. The summed E-state index contributed by atoms with van der Waals surface area (Å²) in [5, 5.41) is 8.98. The van der Waals surface area contributed by atoms with Gasteiger partial charge in [-0.2, -0.15) is 28.4 Å². The molecule has 5 aromatic rings. The lowest BCUT2D eigenvalue weighted by atomic mass is 9.91. The molecule has 2 fully saturated rings. The van der Waals surface area contributed by atoms with E-state index in [9.17, 15) is 14.0 Å². The second kappa shape index (κ2) is 11.9. The van der Waals surface area contributed by atoms with E-state index >= 15 is 22.0 Å². The summed E-state index contributed by atoms with van der Waals surface area (Å²) in [4.78, 5) is 16.1. The van der Waals surface area contributed by atoms with Crippen molar-refractivity contribution in [2.75, 3.05) is 43.1 Å². The molecule has 1 aliphatic carbocycles. The van der Waals surface area contributed by atoms with Crippen molar-refractivity contribution >= 4 is 49.0 Å². The van der Waals surface area contributed by atoms with Crippen molar-refractivity contribution in [3.8, 4) is 29.0 Å². The number of alkyl halides is 5. The zero-order chi connectivity index (χ0) is 37.8. The number of hydrogen-bond acceptors (Lipinski definition) is 11. The van der Waals surface area contributed by atoms with Crippen molar-refractivity contribution < 1.29 is 40.2 Å². The molecule has 1 saturated heterocycles. The summed E-state index contributed by atoms with van der Waals surface area (Å²) in [6, 6.07) is 5.61. The topological polar surface area (TPSA) is 139 Å². The first kappa shape index (κ1) is 34.9. The number of ether oxygens (including phenoxy) is 2. The normalized spacial score (nSPS) is 21.5. The average molecular weight is 759 g/mol. The number of nitrogen functional groups attached to an aromatic ring is 2. The van der Waals surface area contributed by atoms with Crippen LogP contribution in [0.5, 0.6) is 11.8 Å².